The third-order valence-corrected chi connectivity index (χ3v) is 2.30. The van der Waals surface area contributed by atoms with E-state index in [1.807, 2.05) is 30.3 Å². The van der Waals surface area contributed by atoms with Crippen LogP contribution in [0.5, 0.6) is 0 Å². The molecule has 0 unspecified atom stereocenters. The summed E-state index contributed by atoms with van der Waals surface area (Å²) in [6, 6.07) is 9.39. The van der Waals surface area contributed by atoms with Crippen LogP contribution in [0.15, 0.2) is 30.3 Å². The molecule has 1 aromatic carbocycles. The molecule has 104 valence electrons. The van der Waals surface area contributed by atoms with E-state index >= 15 is 0 Å². The number of ether oxygens (including phenoxy) is 1. The average molecular weight is 265 g/mol. The molecule has 6 heteroatoms. The molecule has 6 nitrogen and oxygen atoms in total. The summed E-state index contributed by atoms with van der Waals surface area (Å²) < 4.78 is 4.79. The average Bonchev–Trinajstić information content (AvgIpc) is 2.44. The molecule has 0 aliphatic heterocycles. The van der Waals surface area contributed by atoms with Gasteiger partial charge in [-0.3, -0.25) is 9.59 Å². The molecule has 0 aliphatic carbocycles. The number of carbonyl (C=O) groups excluding carboxylic acids is 2. The lowest BCUT2D eigenvalue weighted by molar-refractivity contribution is -0.125. The van der Waals surface area contributed by atoms with E-state index in [0.717, 1.165) is 5.69 Å². The minimum atomic E-state index is -0.231. The Morgan fingerprint density at radius 1 is 1.05 bits per heavy atom. The Labute approximate surface area is 112 Å². The van der Waals surface area contributed by atoms with Crippen molar-refractivity contribution < 1.29 is 14.3 Å². The lowest BCUT2D eigenvalue weighted by atomic mass is 10.3. The van der Waals surface area contributed by atoms with E-state index in [2.05, 4.69) is 16.0 Å². The number of rotatable bonds is 8. The van der Waals surface area contributed by atoms with Crippen LogP contribution in [0.3, 0.4) is 0 Å². The summed E-state index contributed by atoms with van der Waals surface area (Å²) in [5, 5.41) is 8.10. The maximum Gasteiger partial charge on any atom is 0.239 e. The van der Waals surface area contributed by atoms with Crippen LogP contribution in [0.2, 0.25) is 0 Å². The molecular formula is C13H19N3O3. The van der Waals surface area contributed by atoms with Crippen LogP contribution in [-0.2, 0) is 14.3 Å². The maximum absolute atomic E-state index is 11.5. The second-order valence-corrected chi connectivity index (χ2v) is 3.84. The van der Waals surface area contributed by atoms with Gasteiger partial charge in [-0.1, -0.05) is 18.2 Å². The number of anilines is 1. The molecule has 19 heavy (non-hydrogen) atoms. The topological polar surface area (TPSA) is 79.5 Å². The van der Waals surface area contributed by atoms with Crippen LogP contribution < -0.4 is 16.0 Å². The van der Waals surface area contributed by atoms with Gasteiger partial charge in [-0.15, -0.1) is 0 Å². The predicted molar refractivity (Wildman–Crippen MR) is 72.8 cm³/mol. The van der Waals surface area contributed by atoms with Gasteiger partial charge in [-0.05, 0) is 12.1 Å². The highest BCUT2D eigenvalue weighted by atomic mass is 16.5. The van der Waals surface area contributed by atoms with Gasteiger partial charge in [0.15, 0.2) is 0 Å². The van der Waals surface area contributed by atoms with Crippen molar-refractivity contribution in [2.24, 2.45) is 0 Å². The van der Waals surface area contributed by atoms with Gasteiger partial charge in [0.25, 0.3) is 0 Å². The van der Waals surface area contributed by atoms with Gasteiger partial charge < -0.3 is 20.7 Å². The zero-order chi connectivity index (χ0) is 13.9. The monoisotopic (exact) mass is 265 g/mol. The summed E-state index contributed by atoms with van der Waals surface area (Å²) in [4.78, 5) is 22.8. The van der Waals surface area contributed by atoms with Crippen LogP contribution in [0, 0.1) is 0 Å². The van der Waals surface area contributed by atoms with Gasteiger partial charge in [0.05, 0.1) is 19.7 Å². The number of methoxy groups -OCH3 is 1. The zero-order valence-electron chi connectivity index (χ0n) is 10.9. The Bertz CT molecular complexity index is 395. The van der Waals surface area contributed by atoms with E-state index in [0.29, 0.717) is 13.2 Å². The van der Waals surface area contributed by atoms with Crippen molar-refractivity contribution >= 4 is 17.5 Å². The second-order valence-electron chi connectivity index (χ2n) is 3.84. The van der Waals surface area contributed by atoms with Gasteiger partial charge >= 0.3 is 0 Å². The molecule has 0 saturated heterocycles. The Kier molecular flexibility index (Phi) is 7.04. The Morgan fingerprint density at radius 3 is 2.42 bits per heavy atom. The SMILES string of the molecule is COCCNC(=O)CNC(=O)CNc1ccccc1. The number of amides is 2. The first-order chi connectivity index (χ1) is 9.22. The van der Waals surface area contributed by atoms with Gasteiger partial charge in [0, 0.05) is 19.3 Å². The summed E-state index contributed by atoms with van der Waals surface area (Å²) in [6.45, 7) is 0.997. The molecule has 0 fully saturated rings. The molecule has 0 spiro atoms. The van der Waals surface area contributed by atoms with Crippen LogP contribution in [-0.4, -0.2) is 45.2 Å². The van der Waals surface area contributed by atoms with Gasteiger partial charge in [0.1, 0.15) is 0 Å². The van der Waals surface area contributed by atoms with Crippen molar-refractivity contribution in [3.05, 3.63) is 30.3 Å². The van der Waals surface area contributed by atoms with Crippen LogP contribution in [0.4, 0.5) is 5.69 Å². The van der Waals surface area contributed by atoms with E-state index in [1.54, 1.807) is 7.11 Å². The number of para-hydroxylation sites is 1. The van der Waals surface area contributed by atoms with Crippen LogP contribution in [0.25, 0.3) is 0 Å². The smallest absolute Gasteiger partial charge is 0.239 e. The van der Waals surface area contributed by atoms with Crippen LogP contribution >= 0.6 is 0 Å². The van der Waals surface area contributed by atoms with E-state index in [9.17, 15) is 9.59 Å². The highest BCUT2D eigenvalue weighted by Gasteiger charge is 2.04. The first-order valence-corrected chi connectivity index (χ1v) is 6.03. The second kappa shape index (κ2) is 8.93. The molecule has 0 aliphatic rings. The Morgan fingerprint density at radius 2 is 1.74 bits per heavy atom. The number of hydrogen-bond acceptors (Lipinski definition) is 4. The summed E-state index contributed by atoms with van der Waals surface area (Å²) in [5.41, 5.74) is 0.863. The van der Waals surface area contributed by atoms with Gasteiger partial charge in [-0.2, -0.15) is 0 Å². The molecule has 0 radical (unpaired) electrons. The van der Waals surface area contributed by atoms with Crippen molar-refractivity contribution in [2.45, 2.75) is 0 Å². The Balaban J connectivity index is 2.12. The quantitative estimate of drug-likeness (QED) is 0.577. The van der Waals surface area contributed by atoms with E-state index < -0.39 is 0 Å². The fraction of sp³-hybridized carbons (Fsp3) is 0.385. The highest BCUT2D eigenvalue weighted by molar-refractivity contribution is 5.86. The Hall–Kier alpha value is -2.08. The normalized spacial score (nSPS) is 9.74. The van der Waals surface area contributed by atoms with E-state index in [1.165, 1.54) is 0 Å². The fourth-order valence-corrected chi connectivity index (χ4v) is 1.33. The first kappa shape index (κ1) is 15.0. The summed E-state index contributed by atoms with van der Waals surface area (Å²) in [5.74, 6) is -0.462. The molecule has 1 aromatic rings. The molecule has 2 amide bonds. The maximum atomic E-state index is 11.5. The standard InChI is InChI=1S/C13H19N3O3/c1-19-8-7-14-12(17)10-16-13(18)9-15-11-5-3-2-4-6-11/h2-6,15H,7-10H2,1H3,(H,14,17)(H,16,18). The largest absolute Gasteiger partial charge is 0.383 e. The first-order valence-electron chi connectivity index (χ1n) is 6.03. The number of carbonyl (C=O) groups is 2. The minimum Gasteiger partial charge on any atom is -0.383 e. The van der Waals surface area contributed by atoms with Gasteiger partial charge in [0.2, 0.25) is 11.8 Å². The fourth-order valence-electron chi connectivity index (χ4n) is 1.33. The molecular weight excluding hydrogens is 246 g/mol. The van der Waals surface area contributed by atoms with Crippen molar-refractivity contribution in [2.75, 3.05) is 38.7 Å². The third kappa shape index (κ3) is 7.05. The molecule has 0 heterocycles. The van der Waals surface area contributed by atoms with Crippen molar-refractivity contribution in [1.82, 2.24) is 10.6 Å². The van der Waals surface area contributed by atoms with Gasteiger partial charge in [-0.25, -0.2) is 0 Å². The van der Waals surface area contributed by atoms with Crippen molar-refractivity contribution in [1.29, 1.82) is 0 Å². The highest BCUT2D eigenvalue weighted by Crippen LogP contribution is 2.03. The molecule has 0 bridgehead atoms. The van der Waals surface area contributed by atoms with Crippen molar-refractivity contribution in [3.8, 4) is 0 Å². The molecule has 0 saturated carbocycles. The lowest BCUT2D eigenvalue weighted by Gasteiger charge is -2.08. The zero-order valence-corrected chi connectivity index (χ0v) is 10.9. The van der Waals surface area contributed by atoms with Crippen LogP contribution in [0.1, 0.15) is 0 Å². The molecule has 0 aromatic heterocycles. The summed E-state index contributed by atoms with van der Waals surface area (Å²) >= 11 is 0. The van der Waals surface area contributed by atoms with E-state index in [-0.39, 0.29) is 24.9 Å². The number of benzene rings is 1. The third-order valence-electron chi connectivity index (χ3n) is 2.30. The number of nitrogens with one attached hydrogen (secondary N) is 3. The molecule has 1 rings (SSSR count). The molecule has 0 atom stereocenters. The summed E-state index contributed by atoms with van der Waals surface area (Å²) in [6.07, 6.45) is 0. The molecule has 3 N–H and O–H groups in total. The van der Waals surface area contributed by atoms with Crippen molar-refractivity contribution in [3.63, 3.8) is 0 Å². The predicted octanol–water partition coefficient (Wildman–Crippen LogP) is -0.0227. The summed E-state index contributed by atoms with van der Waals surface area (Å²) in [7, 11) is 1.56. The lowest BCUT2D eigenvalue weighted by Crippen LogP contribution is -2.40. The van der Waals surface area contributed by atoms with E-state index in [4.69, 9.17) is 4.74 Å². The minimum absolute atomic E-state index is 0.0288. The number of hydrogen-bond donors (Lipinski definition) is 3.